The first-order valence-corrected chi connectivity index (χ1v) is 11.6. The molecule has 5 nitrogen and oxygen atoms in total. The van der Waals surface area contributed by atoms with Gasteiger partial charge in [-0.1, -0.05) is 25.3 Å². The van der Waals surface area contributed by atoms with Gasteiger partial charge in [0.05, 0.1) is 18.3 Å². The molecule has 0 bridgehead atoms. The fourth-order valence-electron chi connectivity index (χ4n) is 4.70. The number of aliphatic hydroxyl groups is 3. The number of unbranched alkanes of at least 4 members (excludes halogenated alkanes) is 3. The minimum Gasteiger partial charge on any atom is -0.481 e. The van der Waals surface area contributed by atoms with Gasteiger partial charge in [-0.3, -0.25) is 4.79 Å². The molecule has 1 fully saturated rings. The Morgan fingerprint density at radius 3 is 2.52 bits per heavy atom. The number of carboxylic acid groups (broad SMARTS) is 1. The second kappa shape index (κ2) is 10.5. The molecule has 0 saturated heterocycles. The lowest BCUT2D eigenvalue weighted by Gasteiger charge is -2.24. The van der Waals surface area contributed by atoms with Gasteiger partial charge in [0.1, 0.15) is 0 Å². The third-order valence-electron chi connectivity index (χ3n) is 6.33. The molecule has 1 aliphatic rings. The summed E-state index contributed by atoms with van der Waals surface area (Å²) in [4.78, 5) is 10.6. The molecule has 1 aliphatic carbocycles. The molecule has 29 heavy (non-hydrogen) atoms. The number of carbonyl (C=O) groups is 1. The van der Waals surface area contributed by atoms with Crippen molar-refractivity contribution in [3.8, 4) is 0 Å². The fraction of sp³-hybridized carbons (Fsp3) is 0.609. The van der Waals surface area contributed by atoms with Gasteiger partial charge in [-0.2, -0.15) is 0 Å². The molecule has 1 heterocycles. The highest BCUT2D eigenvalue weighted by molar-refractivity contribution is 7.17. The van der Waals surface area contributed by atoms with Crippen LogP contribution >= 0.6 is 11.3 Å². The zero-order valence-corrected chi connectivity index (χ0v) is 17.6. The lowest BCUT2D eigenvalue weighted by atomic mass is 9.84. The van der Waals surface area contributed by atoms with Gasteiger partial charge in [0.15, 0.2) is 0 Å². The van der Waals surface area contributed by atoms with Gasteiger partial charge in [-0.25, -0.2) is 0 Å². The maximum absolute atomic E-state index is 10.6. The number of hydrogen-bond acceptors (Lipinski definition) is 5. The predicted molar refractivity (Wildman–Crippen MR) is 115 cm³/mol. The third-order valence-corrected chi connectivity index (χ3v) is 7.23. The standard InChI is InChI=1S/C23H32O5S/c24-19(15-7-10-22-16(13-15)11-12-29-22)9-8-18-17(20(25)14-21(18)26)5-3-1-2-4-6-23(27)28/h7,10-13,17-21,24-26H,1-6,8-9,14H2,(H,27,28)/t17-,18-,19?,20+,21-/m1/s1. The van der Waals surface area contributed by atoms with Gasteiger partial charge in [0.2, 0.25) is 0 Å². The molecule has 3 rings (SSSR count). The van der Waals surface area contributed by atoms with E-state index in [0.29, 0.717) is 25.7 Å². The molecule has 160 valence electrons. The Morgan fingerprint density at radius 2 is 1.76 bits per heavy atom. The van der Waals surface area contributed by atoms with Crippen LogP contribution in [0.4, 0.5) is 0 Å². The number of rotatable bonds is 11. The van der Waals surface area contributed by atoms with E-state index in [1.54, 1.807) is 11.3 Å². The van der Waals surface area contributed by atoms with E-state index in [-0.39, 0.29) is 18.3 Å². The van der Waals surface area contributed by atoms with Crippen LogP contribution < -0.4 is 0 Å². The maximum Gasteiger partial charge on any atom is 0.303 e. The molecule has 0 amide bonds. The zero-order chi connectivity index (χ0) is 20.8. The van der Waals surface area contributed by atoms with Crippen molar-refractivity contribution in [3.05, 3.63) is 35.2 Å². The van der Waals surface area contributed by atoms with Gasteiger partial charge in [-0.05, 0) is 78.5 Å². The van der Waals surface area contributed by atoms with E-state index in [2.05, 4.69) is 6.07 Å². The molecule has 1 aromatic heterocycles. The Hall–Kier alpha value is -1.47. The van der Waals surface area contributed by atoms with E-state index in [4.69, 9.17) is 5.11 Å². The van der Waals surface area contributed by atoms with Gasteiger partial charge in [0, 0.05) is 11.1 Å². The third kappa shape index (κ3) is 6.01. The minimum atomic E-state index is -0.754. The lowest BCUT2D eigenvalue weighted by Crippen LogP contribution is -2.23. The average molecular weight is 421 g/mol. The molecular weight excluding hydrogens is 388 g/mol. The van der Waals surface area contributed by atoms with Crippen molar-refractivity contribution >= 4 is 27.4 Å². The number of aliphatic hydroxyl groups excluding tert-OH is 3. The monoisotopic (exact) mass is 420 g/mol. The van der Waals surface area contributed by atoms with Crippen molar-refractivity contribution in [1.29, 1.82) is 0 Å². The van der Waals surface area contributed by atoms with Crippen molar-refractivity contribution in [1.82, 2.24) is 0 Å². The Morgan fingerprint density at radius 1 is 1.03 bits per heavy atom. The van der Waals surface area contributed by atoms with Crippen LogP contribution in [-0.2, 0) is 4.79 Å². The number of hydrogen-bond donors (Lipinski definition) is 4. The maximum atomic E-state index is 10.6. The van der Waals surface area contributed by atoms with Crippen LogP contribution in [-0.4, -0.2) is 38.6 Å². The first-order chi connectivity index (χ1) is 14.0. The molecule has 1 aromatic carbocycles. The fourth-order valence-corrected chi connectivity index (χ4v) is 5.47. The molecule has 4 N–H and O–H groups in total. The molecule has 0 radical (unpaired) electrons. The first kappa shape index (κ1) is 22.2. The highest BCUT2D eigenvalue weighted by Gasteiger charge is 2.40. The predicted octanol–water partition coefficient (Wildman–Crippen LogP) is 4.50. The highest BCUT2D eigenvalue weighted by Crippen LogP contribution is 2.40. The van der Waals surface area contributed by atoms with Crippen LogP contribution in [0.3, 0.4) is 0 Å². The molecular formula is C23H32O5S. The first-order valence-electron chi connectivity index (χ1n) is 10.7. The summed E-state index contributed by atoms with van der Waals surface area (Å²) in [5.74, 6) is -0.698. The Kier molecular flexibility index (Phi) is 8.07. The van der Waals surface area contributed by atoms with Crippen LogP contribution in [0.1, 0.15) is 69.5 Å². The smallest absolute Gasteiger partial charge is 0.303 e. The molecule has 1 saturated carbocycles. The summed E-state index contributed by atoms with van der Waals surface area (Å²) < 4.78 is 1.21. The number of aliphatic carboxylic acids is 1. The summed E-state index contributed by atoms with van der Waals surface area (Å²) in [6.07, 6.45) is 4.58. The SMILES string of the molecule is O=C(O)CCCCCC[C@@H]1[C@@H](CCC(O)c2ccc3sccc3c2)[C@H](O)C[C@@H]1O. The van der Waals surface area contributed by atoms with E-state index in [9.17, 15) is 20.1 Å². The lowest BCUT2D eigenvalue weighted by molar-refractivity contribution is -0.137. The zero-order valence-electron chi connectivity index (χ0n) is 16.7. The summed E-state index contributed by atoms with van der Waals surface area (Å²) in [5.41, 5.74) is 0.902. The van der Waals surface area contributed by atoms with Crippen molar-refractivity contribution in [2.24, 2.45) is 11.8 Å². The van der Waals surface area contributed by atoms with Crippen LogP contribution in [0.5, 0.6) is 0 Å². The van der Waals surface area contributed by atoms with Crippen molar-refractivity contribution in [2.45, 2.75) is 76.1 Å². The van der Waals surface area contributed by atoms with Crippen LogP contribution in [0.2, 0.25) is 0 Å². The number of fused-ring (bicyclic) bond motifs is 1. The second-order valence-electron chi connectivity index (χ2n) is 8.36. The average Bonchev–Trinajstić information content (AvgIpc) is 3.25. The molecule has 6 heteroatoms. The summed E-state index contributed by atoms with van der Waals surface area (Å²) in [6.45, 7) is 0. The number of thiophene rings is 1. The van der Waals surface area contributed by atoms with Gasteiger partial charge >= 0.3 is 5.97 Å². The summed E-state index contributed by atoms with van der Waals surface area (Å²) in [7, 11) is 0. The van der Waals surface area contributed by atoms with Crippen molar-refractivity contribution in [2.75, 3.05) is 0 Å². The Labute approximate surface area is 176 Å². The van der Waals surface area contributed by atoms with Crippen molar-refractivity contribution in [3.63, 3.8) is 0 Å². The van der Waals surface area contributed by atoms with E-state index >= 15 is 0 Å². The van der Waals surface area contributed by atoms with Crippen LogP contribution in [0.15, 0.2) is 29.6 Å². The molecule has 5 atom stereocenters. The normalized spacial score (nSPS) is 25.5. The van der Waals surface area contributed by atoms with Crippen LogP contribution in [0.25, 0.3) is 10.1 Å². The van der Waals surface area contributed by atoms with E-state index < -0.39 is 24.3 Å². The van der Waals surface area contributed by atoms with Crippen LogP contribution in [0, 0.1) is 11.8 Å². The topological polar surface area (TPSA) is 98.0 Å². The van der Waals surface area contributed by atoms with Gasteiger partial charge in [-0.15, -0.1) is 11.3 Å². The Balaban J connectivity index is 1.48. The molecule has 0 spiro atoms. The molecule has 2 aromatic rings. The van der Waals surface area contributed by atoms with E-state index in [0.717, 1.165) is 36.6 Å². The molecule has 1 unspecified atom stereocenters. The summed E-state index contributed by atoms with van der Waals surface area (Å²) in [5, 5.41) is 43.3. The summed E-state index contributed by atoms with van der Waals surface area (Å²) in [6, 6.07) is 8.10. The summed E-state index contributed by atoms with van der Waals surface area (Å²) >= 11 is 1.68. The Bertz CT molecular complexity index is 788. The number of benzene rings is 1. The van der Waals surface area contributed by atoms with E-state index in [1.807, 2.05) is 23.6 Å². The minimum absolute atomic E-state index is 0.00329. The largest absolute Gasteiger partial charge is 0.481 e. The second-order valence-corrected chi connectivity index (χ2v) is 9.30. The highest BCUT2D eigenvalue weighted by atomic mass is 32.1. The van der Waals surface area contributed by atoms with Gasteiger partial charge in [0.25, 0.3) is 0 Å². The van der Waals surface area contributed by atoms with Gasteiger partial charge < -0.3 is 20.4 Å². The van der Waals surface area contributed by atoms with E-state index in [1.165, 1.54) is 4.70 Å². The van der Waals surface area contributed by atoms with Crippen molar-refractivity contribution < 1.29 is 25.2 Å². The quantitative estimate of drug-likeness (QED) is 0.401. The molecule has 0 aliphatic heterocycles. The number of carboxylic acids is 1.